The van der Waals surface area contributed by atoms with Crippen LogP contribution in [-0.4, -0.2) is 11.6 Å². The second-order valence-corrected chi connectivity index (χ2v) is 4.97. The van der Waals surface area contributed by atoms with Crippen molar-refractivity contribution < 1.29 is 9.59 Å². The van der Waals surface area contributed by atoms with Gasteiger partial charge in [0.2, 0.25) is 0 Å². The van der Waals surface area contributed by atoms with E-state index in [0.29, 0.717) is 18.4 Å². The van der Waals surface area contributed by atoms with Crippen LogP contribution in [0.4, 0.5) is 0 Å². The van der Waals surface area contributed by atoms with Gasteiger partial charge in [-0.25, -0.2) is 0 Å². The molecule has 2 nitrogen and oxygen atoms in total. The summed E-state index contributed by atoms with van der Waals surface area (Å²) >= 11 is 3.31. The van der Waals surface area contributed by atoms with Gasteiger partial charge in [0.25, 0.3) is 0 Å². The van der Waals surface area contributed by atoms with Crippen molar-refractivity contribution in [1.29, 1.82) is 0 Å². The Bertz CT molecular complexity index is 379. The monoisotopic (exact) mass is 282 g/mol. The second kappa shape index (κ2) is 5.94. The molecule has 0 amide bonds. The molecule has 0 saturated heterocycles. The van der Waals surface area contributed by atoms with Crippen LogP contribution in [0.25, 0.3) is 0 Å². The molecule has 0 radical (unpaired) electrons. The van der Waals surface area contributed by atoms with Gasteiger partial charge in [-0.05, 0) is 12.1 Å². The van der Waals surface area contributed by atoms with E-state index in [1.54, 1.807) is 12.1 Å². The Morgan fingerprint density at radius 3 is 2.19 bits per heavy atom. The molecule has 0 spiro atoms. The van der Waals surface area contributed by atoms with Crippen LogP contribution >= 0.6 is 15.9 Å². The Balaban J connectivity index is 2.53. The minimum Gasteiger partial charge on any atom is -0.299 e. The van der Waals surface area contributed by atoms with Crippen LogP contribution in [0, 0.1) is 5.92 Å². The second-order valence-electron chi connectivity index (χ2n) is 4.05. The number of rotatable bonds is 5. The number of benzene rings is 1. The van der Waals surface area contributed by atoms with Gasteiger partial charge >= 0.3 is 0 Å². The third-order valence-electron chi connectivity index (χ3n) is 2.41. The van der Waals surface area contributed by atoms with Gasteiger partial charge in [-0.1, -0.05) is 41.9 Å². The molecule has 0 aliphatic rings. The Hall–Kier alpha value is -0.960. The number of carbonyl (C=O) groups is 2. The fraction of sp³-hybridized carbons (Fsp3) is 0.385. The number of ketones is 2. The smallest absolute Gasteiger partial charge is 0.163 e. The van der Waals surface area contributed by atoms with Crippen molar-refractivity contribution in [1.82, 2.24) is 0 Å². The summed E-state index contributed by atoms with van der Waals surface area (Å²) in [6, 6.07) is 7.20. The molecule has 0 atom stereocenters. The van der Waals surface area contributed by atoms with E-state index in [1.165, 1.54) is 0 Å². The van der Waals surface area contributed by atoms with Crippen LogP contribution in [0.2, 0.25) is 0 Å². The molecule has 0 bridgehead atoms. The molecule has 16 heavy (non-hydrogen) atoms. The highest BCUT2D eigenvalue weighted by Crippen LogP contribution is 2.13. The maximum absolute atomic E-state index is 11.7. The molecule has 0 aliphatic heterocycles. The number of hydrogen-bond donors (Lipinski definition) is 0. The van der Waals surface area contributed by atoms with Crippen LogP contribution in [0.3, 0.4) is 0 Å². The van der Waals surface area contributed by atoms with Crippen LogP contribution in [0.5, 0.6) is 0 Å². The van der Waals surface area contributed by atoms with Gasteiger partial charge in [0.15, 0.2) is 5.78 Å². The molecule has 0 aromatic heterocycles. The molecule has 0 saturated carbocycles. The standard InChI is InChI=1S/C13H15BrO2/c1-9(2)12(15)7-8-13(16)10-3-5-11(14)6-4-10/h3-6,9H,7-8H2,1-2H3. The van der Waals surface area contributed by atoms with E-state index < -0.39 is 0 Å². The minimum absolute atomic E-state index is 0.0118. The summed E-state index contributed by atoms with van der Waals surface area (Å²) in [5, 5.41) is 0. The van der Waals surface area contributed by atoms with Crippen LogP contribution in [-0.2, 0) is 4.79 Å². The predicted molar refractivity (Wildman–Crippen MR) is 67.6 cm³/mol. The molecule has 0 heterocycles. The highest BCUT2D eigenvalue weighted by molar-refractivity contribution is 9.10. The highest BCUT2D eigenvalue weighted by Gasteiger charge is 2.11. The minimum atomic E-state index is 0.0118. The Morgan fingerprint density at radius 2 is 1.69 bits per heavy atom. The van der Waals surface area contributed by atoms with E-state index in [2.05, 4.69) is 15.9 Å². The van der Waals surface area contributed by atoms with Crippen molar-refractivity contribution in [2.75, 3.05) is 0 Å². The predicted octanol–water partition coefficient (Wildman–Crippen LogP) is 3.64. The largest absolute Gasteiger partial charge is 0.299 e. The summed E-state index contributed by atoms with van der Waals surface area (Å²) in [7, 11) is 0. The lowest BCUT2D eigenvalue weighted by atomic mass is 10.0. The maximum Gasteiger partial charge on any atom is 0.163 e. The molecule has 0 N–H and O–H groups in total. The number of hydrogen-bond acceptors (Lipinski definition) is 2. The van der Waals surface area contributed by atoms with Gasteiger partial charge < -0.3 is 0 Å². The lowest BCUT2D eigenvalue weighted by Crippen LogP contribution is -2.09. The first-order chi connectivity index (χ1) is 7.50. The zero-order valence-electron chi connectivity index (χ0n) is 9.50. The fourth-order valence-corrected chi connectivity index (χ4v) is 1.57. The summed E-state index contributed by atoms with van der Waals surface area (Å²) in [6.45, 7) is 3.71. The average molecular weight is 283 g/mol. The first-order valence-corrected chi connectivity index (χ1v) is 6.11. The topological polar surface area (TPSA) is 34.1 Å². The molecule has 1 aromatic carbocycles. The van der Waals surface area contributed by atoms with Gasteiger partial charge in [0.05, 0.1) is 0 Å². The third kappa shape index (κ3) is 3.89. The van der Waals surface area contributed by atoms with Gasteiger partial charge in [0, 0.05) is 28.8 Å². The van der Waals surface area contributed by atoms with Gasteiger partial charge in [-0.2, -0.15) is 0 Å². The molecule has 0 fully saturated rings. The van der Waals surface area contributed by atoms with Crippen molar-refractivity contribution in [3.8, 4) is 0 Å². The van der Waals surface area contributed by atoms with E-state index in [1.807, 2.05) is 26.0 Å². The van der Waals surface area contributed by atoms with E-state index in [0.717, 1.165) is 4.47 Å². The van der Waals surface area contributed by atoms with Gasteiger partial charge in [-0.15, -0.1) is 0 Å². The van der Waals surface area contributed by atoms with E-state index in [9.17, 15) is 9.59 Å². The van der Waals surface area contributed by atoms with Crippen molar-refractivity contribution >= 4 is 27.5 Å². The van der Waals surface area contributed by atoms with E-state index >= 15 is 0 Å². The highest BCUT2D eigenvalue weighted by atomic mass is 79.9. The summed E-state index contributed by atoms with van der Waals surface area (Å²) in [5.41, 5.74) is 0.666. The number of Topliss-reactive ketones (excluding diaryl/α,β-unsaturated/α-hetero) is 2. The lowest BCUT2D eigenvalue weighted by Gasteiger charge is -2.03. The van der Waals surface area contributed by atoms with Crippen LogP contribution < -0.4 is 0 Å². The molecule has 1 aromatic rings. The molecular weight excluding hydrogens is 268 g/mol. The zero-order chi connectivity index (χ0) is 12.1. The van der Waals surface area contributed by atoms with Crippen LogP contribution in [0.1, 0.15) is 37.0 Å². The van der Waals surface area contributed by atoms with Gasteiger partial charge in [-0.3, -0.25) is 9.59 Å². The average Bonchev–Trinajstić information content (AvgIpc) is 2.26. The molecule has 3 heteroatoms. The molecular formula is C13H15BrO2. The number of carbonyl (C=O) groups excluding carboxylic acids is 2. The molecule has 86 valence electrons. The summed E-state index contributed by atoms with van der Waals surface area (Å²) in [4.78, 5) is 23.1. The third-order valence-corrected chi connectivity index (χ3v) is 2.94. The molecule has 0 unspecified atom stereocenters. The SMILES string of the molecule is CC(C)C(=O)CCC(=O)c1ccc(Br)cc1. The van der Waals surface area contributed by atoms with E-state index in [4.69, 9.17) is 0 Å². The van der Waals surface area contributed by atoms with Gasteiger partial charge in [0.1, 0.15) is 5.78 Å². The first kappa shape index (κ1) is 13.1. The molecule has 1 rings (SSSR count). The summed E-state index contributed by atoms with van der Waals surface area (Å²) in [6.07, 6.45) is 0.644. The van der Waals surface area contributed by atoms with Crippen molar-refractivity contribution in [2.24, 2.45) is 5.92 Å². The maximum atomic E-state index is 11.7. The first-order valence-electron chi connectivity index (χ1n) is 5.32. The summed E-state index contributed by atoms with van der Waals surface area (Å²) in [5.74, 6) is 0.185. The summed E-state index contributed by atoms with van der Waals surface area (Å²) < 4.78 is 0.947. The number of halogens is 1. The van der Waals surface area contributed by atoms with Crippen molar-refractivity contribution in [3.05, 3.63) is 34.3 Å². The lowest BCUT2D eigenvalue weighted by molar-refractivity contribution is -0.121. The van der Waals surface area contributed by atoms with E-state index in [-0.39, 0.29) is 17.5 Å². The van der Waals surface area contributed by atoms with Crippen molar-refractivity contribution in [2.45, 2.75) is 26.7 Å². The zero-order valence-corrected chi connectivity index (χ0v) is 11.1. The Morgan fingerprint density at radius 1 is 1.12 bits per heavy atom. The van der Waals surface area contributed by atoms with Crippen molar-refractivity contribution in [3.63, 3.8) is 0 Å². The normalized spacial score (nSPS) is 10.5. The fourth-order valence-electron chi connectivity index (χ4n) is 1.31. The quantitative estimate of drug-likeness (QED) is 0.773. The Kier molecular flexibility index (Phi) is 4.87. The molecule has 0 aliphatic carbocycles. The Labute approximate surface area is 104 Å². The van der Waals surface area contributed by atoms with Crippen LogP contribution in [0.15, 0.2) is 28.7 Å².